The zero-order chi connectivity index (χ0) is 15.4. The van der Waals surface area contributed by atoms with Crippen LogP contribution in [0.15, 0.2) is 11.8 Å². The first-order valence-corrected chi connectivity index (χ1v) is 5.89. The zero-order valence-electron chi connectivity index (χ0n) is 10.8. The van der Waals surface area contributed by atoms with E-state index in [2.05, 4.69) is 5.32 Å². The van der Waals surface area contributed by atoms with Crippen LogP contribution in [0.5, 0.6) is 0 Å². The Balaban J connectivity index is 3.04. The second-order valence-electron chi connectivity index (χ2n) is 4.46. The molecule has 0 aliphatic carbocycles. The normalized spacial score (nSPS) is 28.9. The lowest BCUT2D eigenvalue weighted by atomic mass is 9.92. The molecule has 1 amide bonds. The van der Waals surface area contributed by atoms with Gasteiger partial charge < -0.3 is 36.2 Å². The summed E-state index contributed by atoms with van der Waals surface area (Å²) in [4.78, 5) is 22.0. The SMILES string of the molecule is CC(=O)NC1C(C(O)C(O)CO)OC(C(=O)O)=C[C@H]1N. The maximum absolute atomic E-state index is 11.1. The van der Waals surface area contributed by atoms with Crippen LogP contribution in [0.25, 0.3) is 0 Å². The van der Waals surface area contributed by atoms with Crippen molar-refractivity contribution in [1.29, 1.82) is 0 Å². The van der Waals surface area contributed by atoms with Crippen LogP contribution in [0.3, 0.4) is 0 Å². The second-order valence-corrected chi connectivity index (χ2v) is 4.46. The first kappa shape index (κ1) is 16.4. The number of carboxylic acid groups (broad SMARTS) is 1. The van der Waals surface area contributed by atoms with Crippen LogP contribution in [0.2, 0.25) is 0 Å². The number of amides is 1. The largest absolute Gasteiger partial charge is 0.478 e. The van der Waals surface area contributed by atoms with Crippen LogP contribution < -0.4 is 11.1 Å². The van der Waals surface area contributed by atoms with Gasteiger partial charge in [-0.3, -0.25) is 4.79 Å². The molecule has 7 N–H and O–H groups in total. The van der Waals surface area contributed by atoms with E-state index in [0.29, 0.717) is 0 Å². The molecule has 0 saturated heterocycles. The van der Waals surface area contributed by atoms with Crippen molar-refractivity contribution in [2.75, 3.05) is 6.61 Å². The number of aliphatic hydroxyl groups is 3. The van der Waals surface area contributed by atoms with Crippen molar-refractivity contribution in [3.8, 4) is 0 Å². The number of ether oxygens (including phenoxy) is 1. The van der Waals surface area contributed by atoms with Gasteiger partial charge in [0.25, 0.3) is 0 Å². The van der Waals surface area contributed by atoms with Crippen molar-refractivity contribution < 1.29 is 34.8 Å². The molecule has 4 unspecified atom stereocenters. The molecular formula is C11H18N2O7. The molecule has 9 heteroatoms. The topological polar surface area (TPSA) is 162 Å². The van der Waals surface area contributed by atoms with Gasteiger partial charge >= 0.3 is 5.97 Å². The number of aliphatic carboxylic acids is 1. The minimum Gasteiger partial charge on any atom is -0.478 e. The van der Waals surface area contributed by atoms with E-state index in [1.807, 2.05) is 0 Å². The van der Waals surface area contributed by atoms with Crippen molar-refractivity contribution in [2.45, 2.75) is 37.3 Å². The van der Waals surface area contributed by atoms with E-state index in [4.69, 9.17) is 20.7 Å². The number of carbonyl (C=O) groups is 2. The summed E-state index contributed by atoms with van der Waals surface area (Å²) in [5, 5.41) is 39.5. The van der Waals surface area contributed by atoms with Gasteiger partial charge in [0.1, 0.15) is 18.3 Å². The number of carbonyl (C=O) groups excluding carboxylic acids is 1. The third-order valence-electron chi connectivity index (χ3n) is 2.87. The quantitative estimate of drug-likeness (QED) is 0.310. The summed E-state index contributed by atoms with van der Waals surface area (Å²) in [6.07, 6.45) is -3.38. The van der Waals surface area contributed by atoms with Gasteiger partial charge in [-0.15, -0.1) is 0 Å². The lowest BCUT2D eigenvalue weighted by Crippen LogP contribution is -2.62. The van der Waals surface area contributed by atoms with Crippen LogP contribution in [0.4, 0.5) is 0 Å². The summed E-state index contributed by atoms with van der Waals surface area (Å²) >= 11 is 0. The van der Waals surface area contributed by atoms with Gasteiger partial charge in [0.2, 0.25) is 11.7 Å². The molecule has 0 saturated carbocycles. The monoisotopic (exact) mass is 290 g/mol. The molecule has 1 rings (SSSR count). The van der Waals surface area contributed by atoms with E-state index >= 15 is 0 Å². The lowest BCUT2D eigenvalue weighted by Gasteiger charge is -2.38. The van der Waals surface area contributed by atoms with Gasteiger partial charge in [-0.25, -0.2) is 4.79 Å². The molecule has 0 aromatic heterocycles. The molecule has 114 valence electrons. The molecule has 5 atom stereocenters. The van der Waals surface area contributed by atoms with E-state index in [1.54, 1.807) is 0 Å². The van der Waals surface area contributed by atoms with Gasteiger partial charge in [0.05, 0.1) is 18.7 Å². The number of carboxylic acids is 1. The lowest BCUT2D eigenvalue weighted by molar-refractivity contribution is -0.145. The minimum atomic E-state index is -1.62. The van der Waals surface area contributed by atoms with Gasteiger partial charge in [-0.05, 0) is 6.08 Å². The Labute approximate surface area is 114 Å². The Morgan fingerprint density at radius 2 is 2.10 bits per heavy atom. The Kier molecular flexibility index (Phi) is 5.45. The third kappa shape index (κ3) is 3.67. The highest BCUT2D eigenvalue weighted by molar-refractivity contribution is 5.84. The van der Waals surface area contributed by atoms with E-state index in [0.717, 1.165) is 6.08 Å². The van der Waals surface area contributed by atoms with Crippen LogP contribution in [0.1, 0.15) is 6.92 Å². The predicted molar refractivity (Wildman–Crippen MR) is 65.3 cm³/mol. The van der Waals surface area contributed by atoms with Gasteiger partial charge in [-0.1, -0.05) is 0 Å². The van der Waals surface area contributed by atoms with Crippen molar-refractivity contribution in [3.05, 3.63) is 11.8 Å². The first-order valence-electron chi connectivity index (χ1n) is 5.89. The van der Waals surface area contributed by atoms with E-state index < -0.39 is 54.6 Å². The van der Waals surface area contributed by atoms with Crippen LogP contribution in [0, 0.1) is 0 Å². The summed E-state index contributed by atoms with van der Waals surface area (Å²) in [6.45, 7) is 0.463. The molecule has 0 radical (unpaired) electrons. The second kappa shape index (κ2) is 6.66. The van der Waals surface area contributed by atoms with Crippen molar-refractivity contribution in [3.63, 3.8) is 0 Å². The average molecular weight is 290 g/mol. The number of aliphatic hydroxyl groups excluding tert-OH is 3. The number of rotatable bonds is 5. The summed E-state index contributed by atoms with van der Waals surface area (Å²) in [5.41, 5.74) is 5.74. The Morgan fingerprint density at radius 1 is 1.50 bits per heavy atom. The first-order chi connectivity index (χ1) is 9.27. The minimum absolute atomic E-state index is 0.461. The van der Waals surface area contributed by atoms with Crippen molar-refractivity contribution in [2.24, 2.45) is 5.73 Å². The van der Waals surface area contributed by atoms with E-state index in [-0.39, 0.29) is 0 Å². The van der Waals surface area contributed by atoms with Crippen LogP contribution in [-0.4, -0.2) is 69.3 Å². The molecule has 1 heterocycles. The maximum Gasteiger partial charge on any atom is 0.370 e. The Hall–Kier alpha value is -1.68. The number of hydrogen-bond donors (Lipinski definition) is 6. The fourth-order valence-electron chi connectivity index (χ4n) is 1.90. The maximum atomic E-state index is 11.1. The van der Waals surface area contributed by atoms with Gasteiger partial charge in [0, 0.05) is 6.92 Å². The number of nitrogens with two attached hydrogens (primary N) is 1. The molecule has 0 bridgehead atoms. The highest BCUT2D eigenvalue weighted by Crippen LogP contribution is 2.21. The van der Waals surface area contributed by atoms with Gasteiger partial charge in [-0.2, -0.15) is 0 Å². The molecule has 1 aliphatic heterocycles. The van der Waals surface area contributed by atoms with Crippen LogP contribution >= 0.6 is 0 Å². The van der Waals surface area contributed by atoms with Gasteiger partial charge in [0.15, 0.2) is 0 Å². The molecule has 20 heavy (non-hydrogen) atoms. The fourth-order valence-corrected chi connectivity index (χ4v) is 1.90. The Bertz CT molecular complexity index is 412. The summed E-state index contributed by atoms with van der Waals surface area (Å²) in [6, 6.07) is -1.86. The molecule has 0 fully saturated rings. The number of nitrogens with one attached hydrogen (secondary N) is 1. The highest BCUT2D eigenvalue weighted by atomic mass is 16.5. The number of hydrogen-bond acceptors (Lipinski definition) is 7. The molecule has 9 nitrogen and oxygen atoms in total. The fraction of sp³-hybridized carbons (Fsp3) is 0.636. The standard InChI is InChI=1S/C11H18N2O7/c1-4(15)13-8-5(12)2-7(11(18)19)20-10(8)9(17)6(16)3-14/h2,5-6,8-10,14,16-17H,3,12H2,1H3,(H,13,15)(H,18,19)/t5-,6?,8?,9?,10?/m1/s1. The zero-order valence-corrected chi connectivity index (χ0v) is 10.8. The van der Waals surface area contributed by atoms with E-state index in [9.17, 15) is 19.8 Å². The third-order valence-corrected chi connectivity index (χ3v) is 2.87. The molecule has 0 aromatic carbocycles. The van der Waals surface area contributed by atoms with Crippen LogP contribution in [-0.2, 0) is 14.3 Å². The van der Waals surface area contributed by atoms with E-state index in [1.165, 1.54) is 6.92 Å². The highest BCUT2D eigenvalue weighted by Gasteiger charge is 2.42. The Morgan fingerprint density at radius 3 is 2.55 bits per heavy atom. The molecular weight excluding hydrogens is 272 g/mol. The smallest absolute Gasteiger partial charge is 0.370 e. The predicted octanol–water partition coefficient (Wildman–Crippen LogP) is -3.10. The average Bonchev–Trinajstić information content (AvgIpc) is 2.38. The molecule has 1 aliphatic rings. The van der Waals surface area contributed by atoms with Crippen molar-refractivity contribution >= 4 is 11.9 Å². The summed E-state index contributed by atoms with van der Waals surface area (Å²) in [7, 11) is 0. The molecule has 0 aromatic rings. The summed E-state index contributed by atoms with van der Waals surface area (Å²) in [5.74, 6) is -2.34. The van der Waals surface area contributed by atoms with Crippen molar-refractivity contribution in [1.82, 2.24) is 5.32 Å². The molecule has 0 spiro atoms. The summed E-state index contributed by atoms with van der Waals surface area (Å²) < 4.78 is 5.06.